The molecule has 0 unspecified atom stereocenters. The average Bonchev–Trinajstić information content (AvgIpc) is 2.43. The number of nitrogens with one attached hydrogen (secondary N) is 1. The second kappa shape index (κ2) is 2.34. The fourth-order valence-corrected chi connectivity index (χ4v) is 1.01. The molecule has 2 N–H and O–H groups in total. The molecule has 0 spiro atoms. The monoisotopic (exact) mass is 162 g/mol. The maximum Gasteiger partial charge on any atom is 0.220 e. The smallest absolute Gasteiger partial charge is 0.220 e. The first-order valence-corrected chi connectivity index (χ1v) is 3.44. The first kappa shape index (κ1) is 6.84. The minimum atomic E-state index is -0.397. The van der Waals surface area contributed by atoms with Gasteiger partial charge in [-0.25, -0.2) is 0 Å². The molecule has 0 fully saturated rings. The van der Waals surface area contributed by atoms with Gasteiger partial charge in [-0.05, 0) is 12.1 Å². The van der Waals surface area contributed by atoms with Crippen molar-refractivity contribution in [3.8, 4) is 5.75 Å². The van der Waals surface area contributed by atoms with Crippen LogP contribution in [-0.2, 0) is 0 Å². The number of rotatable bonds is 0. The van der Waals surface area contributed by atoms with Gasteiger partial charge in [0, 0.05) is 11.5 Å². The van der Waals surface area contributed by atoms with Gasteiger partial charge in [0.05, 0.1) is 11.7 Å². The van der Waals surface area contributed by atoms with Crippen molar-refractivity contribution < 1.29 is 5.11 Å². The molecule has 1 aromatic heterocycles. The van der Waals surface area contributed by atoms with Crippen molar-refractivity contribution >= 4 is 10.9 Å². The van der Waals surface area contributed by atoms with E-state index in [9.17, 15) is 4.79 Å². The topological polar surface area (TPSA) is 66.0 Å². The summed E-state index contributed by atoms with van der Waals surface area (Å²) in [6, 6.07) is 4.30. The Labute approximate surface area is 67.5 Å². The molecule has 4 heteroatoms. The van der Waals surface area contributed by atoms with Crippen molar-refractivity contribution in [3.63, 3.8) is 0 Å². The van der Waals surface area contributed by atoms with E-state index in [4.69, 9.17) is 5.11 Å². The quantitative estimate of drug-likeness (QED) is 0.597. The number of aromatic nitrogens is 2. The standard InChI is InChI=1S/C8H6N2O2/c11-7-2-1-6-5(3-8(7)12)4-9-10-6/h1-4H,(H,9,10)(H,11,12). The molecule has 4 nitrogen and oxygen atoms in total. The van der Waals surface area contributed by atoms with Crippen LogP contribution in [0.25, 0.3) is 10.9 Å². The van der Waals surface area contributed by atoms with E-state index in [1.807, 2.05) is 0 Å². The number of fused-ring (bicyclic) bond motifs is 1. The van der Waals surface area contributed by atoms with E-state index in [0.29, 0.717) is 5.39 Å². The van der Waals surface area contributed by atoms with Crippen LogP contribution in [0, 0.1) is 0 Å². The molecule has 1 aromatic carbocycles. The summed E-state index contributed by atoms with van der Waals surface area (Å²) in [5.74, 6) is -0.250. The Morgan fingerprint density at radius 1 is 1.42 bits per heavy atom. The third-order valence-corrected chi connectivity index (χ3v) is 1.65. The Morgan fingerprint density at radius 2 is 2.25 bits per heavy atom. The van der Waals surface area contributed by atoms with E-state index in [0.717, 1.165) is 5.52 Å². The number of nitrogens with zero attached hydrogens (tertiary/aromatic N) is 1. The molecule has 0 radical (unpaired) electrons. The molecule has 0 saturated heterocycles. The number of hydrogen-bond acceptors (Lipinski definition) is 3. The summed E-state index contributed by atoms with van der Waals surface area (Å²) in [6.07, 6.45) is 1.54. The van der Waals surface area contributed by atoms with Crippen molar-refractivity contribution in [2.75, 3.05) is 0 Å². The minimum absolute atomic E-state index is 0.250. The van der Waals surface area contributed by atoms with Gasteiger partial charge in [-0.3, -0.25) is 9.89 Å². The molecular formula is C8H6N2O2. The lowest BCUT2D eigenvalue weighted by Gasteiger charge is -1.75. The van der Waals surface area contributed by atoms with E-state index >= 15 is 0 Å². The molecule has 2 rings (SSSR count). The number of aromatic hydroxyl groups is 1. The first-order chi connectivity index (χ1) is 5.77. The van der Waals surface area contributed by atoms with Gasteiger partial charge in [-0.15, -0.1) is 0 Å². The zero-order chi connectivity index (χ0) is 8.55. The van der Waals surface area contributed by atoms with E-state index < -0.39 is 5.43 Å². The summed E-state index contributed by atoms with van der Waals surface area (Å²) in [6.45, 7) is 0. The van der Waals surface area contributed by atoms with Gasteiger partial charge in [0.25, 0.3) is 0 Å². The third kappa shape index (κ3) is 0.934. The third-order valence-electron chi connectivity index (χ3n) is 1.65. The Morgan fingerprint density at radius 3 is 3.08 bits per heavy atom. The lowest BCUT2D eigenvalue weighted by molar-refractivity contribution is 0.471. The van der Waals surface area contributed by atoms with Crippen molar-refractivity contribution in [1.29, 1.82) is 0 Å². The lowest BCUT2D eigenvalue weighted by Crippen LogP contribution is -1.91. The fourth-order valence-electron chi connectivity index (χ4n) is 1.01. The van der Waals surface area contributed by atoms with Gasteiger partial charge >= 0.3 is 0 Å². The van der Waals surface area contributed by atoms with Crippen LogP contribution in [0.15, 0.2) is 29.2 Å². The van der Waals surface area contributed by atoms with Gasteiger partial charge in [-0.2, -0.15) is 5.10 Å². The van der Waals surface area contributed by atoms with Gasteiger partial charge < -0.3 is 5.11 Å². The molecule has 1 heterocycles. The van der Waals surface area contributed by atoms with Crippen molar-refractivity contribution in [1.82, 2.24) is 10.2 Å². The lowest BCUT2D eigenvalue weighted by atomic mass is 10.3. The highest BCUT2D eigenvalue weighted by Crippen LogP contribution is 2.08. The highest BCUT2D eigenvalue weighted by Gasteiger charge is 1.96. The average molecular weight is 162 g/mol. The van der Waals surface area contributed by atoms with Crippen LogP contribution < -0.4 is 5.43 Å². The number of aromatic amines is 1. The Bertz CT molecular complexity index is 476. The number of hydrogen-bond donors (Lipinski definition) is 2. The molecule has 60 valence electrons. The van der Waals surface area contributed by atoms with Gasteiger partial charge in [0.15, 0.2) is 5.75 Å². The normalized spacial score (nSPS) is 10.3. The van der Waals surface area contributed by atoms with Gasteiger partial charge in [-0.1, -0.05) is 0 Å². The molecule has 0 aliphatic rings. The summed E-state index contributed by atoms with van der Waals surface area (Å²) in [7, 11) is 0. The maximum absolute atomic E-state index is 11.0. The van der Waals surface area contributed by atoms with Crippen LogP contribution in [-0.4, -0.2) is 15.3 Å². The van der Waals surface area contributed by atoms with Crippen LogP contribution in [0.1, 0.15) is 0 Å². The summed E-state index contributed by atoms with van der Waals surface area (Å²) < 4.78 is 0. The molecule has 12 heavy (non-hydrogen) atoms. The molecular weight excluding hydrogens is 156 g/mol. The molecule has 0 bridgehead atoms. The van der Waals surface area contributed by atoms with Crippen molar-refractivity contribution in [3.05, 3.63) is 34.6 Å². The van der Waals surface area contributed by atoms with E-state index in [1.54, 1.807) is 6.07 Å². The predicted molar refractivity (Wildman–Crippen MR) is 44.0 cm³/mol. The summed E-state index contributed by atoms with van der Waals surface area (Å²) in [5.41, 5.74) is 0.332. The second-order valence-corrected chi connectivity index (χ2v) is 2.47. The van der Waals surface area contributed by atoms with Crippen LogP contribution in [0.4, 0.5) is 0 Å². The van der Waals surface area contributed by atoms with E-state index in [-0.39, 0.29) is 5.75 Å². The first-order valence-electron chi connectivity index (χ1n) is 3.44. The van der Waals surface area contributed by atoms with E-state index in [1.165, 1.54) is 18.3 Å². The summed E-state index contributed by atoms with van der Waals surface area (Å²) in [4.78, 5) is 11.0. The minimum Gasteiger partial charge on any atom is -0.504 e. The summed E-state index contributed by atoms with van der Waals surface area (Å²) in [5, 5.41) is 16.2. The Balaban J connectivity index is 2.98. The molecule has 0 aliphatic carbocycles. The Hall–Kier alpha value is -1.84. The summed E-state index contributed by atoms with van der Waals surface area (Å²) >= 11 is 0. The van der Waals surface area contributed by atoms with Crippen LogP contribution in [0.2, 0.25) is 0 Å². The van der Waals surface area contributed by atoms with Gasteiger partial charge in [0.2, 0.25) is 5.43 Å². The van der Waals surface area contributed by atoms with E-state index in [2.05, 4.69) is 10.2 Å². The maximum atomic E-state index is 11.0. The molecule has 0 saturated carbocycles. The highest BCUT2D eigenvalue weighted by molar-refractivity contribution is 5.77. The van der Waals surface area contributed by atoms with Gasteiger partial charge in [0.1, 0.15) is 0 Å². The van der Waals surface area contributed by atoms with Crippen molar-refractivity contribution in [2.45, 2.75) is 0 Å². The highest BCUT2D eigenvalue weighted by atomic mass is 16.3. The van der Waals surface area contributed by atoms with Crippen LogP contribution >= 0.6 is 0 Å². The largest absolute Gasteiger partial charge is 0.504 e. The molecule has 0 aliphatic heterocycles. The molecule has 2 aromatic rings. The molecule has 0 amide bonds. The SMILES string of the molecule is O=c1cc2cn[nH]c2ccc1O. The molecule has 0 atom stereocenters. The van der Waals surface area contributed by atoms with Crippen molar-refractivity contribution in [2.24, 2.45) is 0 Å². The fraction of sp³-hybridized carbons (Fsp3) is 0. The Kier molecular flexibility index (Phi) is 1.33. The zero-order valence-electron chi connectivity index (χ0n) is 6.11. The predicted octanol–water partition coefficient (Wildman–Crippen LogP) is 0.629. The number of H-pyrrole nitrogens is 1. The van der Waals surface area contributed by atoms with Crippen LogP contribution in [0.3, 0.4) is 0 Å². The van der Waals surface area contributed by atoms with Crippen LogP contribution in [0.5, 0.6) is 5.75 Å². The zero-order valence-corrected chi connectivity index (χ0v) is 6.11. The second-order valence-electron chi connectivity index (χ2n) is 2.47.